The second kappa shape index (κ2) is 6.05. The van der Waals surface area contributed by atoms with Gasteiger partial charge in [0.2, 0.25) is 0 Å². The van der Waals surface area contributed by atoms with E-state index < -0.39 is 0 Å². The van der Waals surface area contributed by atoms with Gasteiger partial charge in [0.05, 0.1) is 0 Å². The van der Waals surface area contributed by atoms with Crippen LogP contribution in [0.2, 0.25) is 0 Å². The molecule has 0 heterocycles. The molecule has 0 bridgehead atoms. The molecule has 0 spiro atoms. The summed E-state index contributed by atoms with van der Waals surface area (Å²) in [6.07, 6.45) is 0.966. The lowest BCUT2D eigenvalue weighted by Crippen LogP contribution is -2.23. The van der Waals surface area contributed by atoms with Crippen molar-refractivity contribution >= 4 is 11.6 Å². The molecule has 0 saturated heterocycles. The molecule has 2 rings (SSSR count). The smallest absolute Gasteiger partial charge is 0.251 e. The number of nitrogens with two attached hydrogens (primary N) is 1. The molecule has 2 aromatic carbocycles. The summed E-state index contributed by atoms with van der Waals surface area (Å²) in [6.45, 7) is 2.66. The topological polar surface area (TPSA) is 55.1 Å². The Bertz CT molecular complexity index is 561. The number of hydrogen-bond acceptors (Lipinski definition) is 2. The first-order valence-corrected chi connectivity index (χ1v) is 6.41. The second-order valence-electron chi connectivity index (χ2n) is 4.43. The van der Waals surface area contributed by atoms with Crippen molar-refractivity contribution in [3.8, 4) is 0 Å². The lowest BCUT2D eigenvalue weighted by Gasteiger charge is -2.09. The number of anilines is 1. The first-order valence-electron chi connectivity index (χ1n) is 6.41. The first-order chi connectivity index (χ1) is 9.20. The monoisotopic (exact) mass is 254 g/mol. The highest BCUT2D eigenvalue weighted by Crippen LogP contribution is 2.10. The Labute approximate surface area is 113 Å². The standard InChI is InChI=1S/C16H18N2O/c1-2-12-5-3-4-6-14(12)11-18-16(19)13-7-9-15(17)10-8-13/h3-10H,2,11,17H2,1H3,(H,18,19). The molecule has 0 fully saturated rings. The van der Waals surface area contributed by atoms with Crippen LogP contribution in [0, 0.1) is 0 Å². The van der Waals surface area contributed by atoms with Crippen LogP contribution in [0.25, 0.3) is 0 Å². The Morgan fingerprint density at radius 1 is 1.05 bits per heavy atom. The molecule has 0 aliphatic heterocycles. The summed E-state index contributed by atoms with van der Waals surface area (Å²) >= 11 is 0. The van der Waals surface area contributed by atoms with Crippen LogP contribution in [0.5, 0.6) is 0 Å². The third kappa shape index (κ3) is 3.35. The maximum Gasteiger partial charge on any atom is 0.251 e. The van der Waals surface area contributed by atoms with Crippen molar-refractivity contribution in [3.63, 3.8) is 0 Å². The van der Waals surface area contributed by atoms with E-state index in [1.54, 1.807) is 24.3 Å². The van der Waals surface area contributed by atoms with E-state index in [-0.39, 0.29) is 5.91 Å². The van der Waals surface area contributed by atoms with Gasteiger partial charge in [-0.05, 0) is 41.8 Å². The summed E-state index contributed by atoms with van der Waals surface area (Å²) in [6, 6.07) is 15.1. The number of benzene rings is 2. The number of amides is 1. The van der Waals surface area contributed by atoms with E-state index in [0.29, 0.717) is 17.8 Å². The highest BCUT2D eigenvalue weighted by atomic mass is 16.1. The minimum atomic E-state index is -0.0779. The van der Waals surface area contributed by atoms with Crippen molar-refractivity contribution in [1.82, 2.24) is 5.32 Å². The van der Waals surface area contributed by atoms with E-state index in [4.69, 9.17) is 5.73 Å². The van der Waals surface area contributed by atoms with Crippen LogP contribution < -0.4 is 11.1 Å². The molecule has 3 heteroatoms. The van der Waals surface area contributed by atoms with Gasteiger partial charge in [-0.2, -0.15) is 0 Å². The van der Waals surface area contributed by atoms with Gasteiger partial charge in [-0.15, -0.1) is 0 Å². The molecule has 19 heavy (non-hydrogen) atoms. The molecule has 0 unspecified atom stereocenters. The SMILES string of the molecule is CCc1ccccc1CNC(=O)c1ccc(N)cc1. The molecule has 0 aliphatic rings. The van der Waals surface area contributed by atoms with Gasteiger partial charge < -0.3 is 11.1 Å². The molecule has 0 radical (unpaired) electrons. The number of nitrogens with one attached hydrogen (secondary N) is 1. The Morgan fingerprint density at radius 2 is 1.68 bits per heavy atom. The normalized spacial score (nSPS) is 10.2. The number of carbonyl (C=O) groups excluding carboxylic acids is 1. The Balaban J connectivity index is 2.02. The van der Waals surface area contributed by atoms with Gasteiger partial charge in [0.25, 0.3) is 5.91 Å². The third-order valence-corrected chi connectivity index (χ3v) is 3.11. The average Bonchev–Trinajstić information content (AvgIpc) is 2.45. The molecule has 0 aliphatic carbocycles. The summed E-state index contributed by atoms with van der Waals surface area (Å²) in [5, 5.41) is 2.93. The number of nitrogen functional groups attached to an aromatic ring is 1. The lowest BCUT2D eigenvalue weighted by atomic mass is 10.1. The lowest BCUT2D eigenvalue weighted by molar-refractivity contribution is 0.0951. The maximum atomic E-state index is 12.0. The van der Waals surface area contributed by atoms with E-state index in [0.717, 1.165) is 12.0 Å². The molecule has 0 atom stereocenters. The van der Waals surface area contributed by atoms with Gasteiger partial charge in [0, 0.05) is 17.8 Å². The predicted octanol–water partition coefficient (Wildman–Crippen LogP) is 2.76. The van der Waals surface area contributed by atoms with Crippen LogP contribution in [0.4, 0.5) is 5.69 Å². The number of aryl methyl sites for hydroxylation is 1. The zero-order valence-corrected chi connectivity index (χ0v) is 11.0. The van der Waals surface area contributed by atoms with Gasteiger partial charge in [-0.3, -0.25) is 4.79 Å². The highest BCUT2D eigenvalue weighted by molar-refractivity contribution is 5.94. The van der Waals surface area contributed by atoms with Gasteiger partial charge in [-0.1, -0.05) is 31.2 Å². The van der Waals surface area contributed by atoms with Crippen molar-refractivity contribution < 1.29 is 4.79 Å². The van der Waals surface area contributed by atoms with Crippen LogP contribution in [0.1, 0.15) is 28.4 Å². The average molecular weight is 254 g/mol. The van der Waals surface area contributed by atoms with Crippen molar-refractivity contribution in [2.75, 3.05) is 5.73 Å². The van der Waals surface area contributed by atoms with Crippen molar-refractivity contribution in [2.45, 2.75) is 19.9 Å². The fourth-order valence-corrected chi connectivity index (χ4v) is 1.99. The predicted molar refractivity (Wildman–Crippen MR) is 77.8 cm³/mol. The molecule has 0 saturated carbocycles. The van der Waals surface area contributed by atoms with E-state index in [1.807, 2.05) is 18.2 Å². The number of hydrogen-bond donors (Lipinski definition) is 2. The van der Waals surface area contributed by atoms with Gasteiger partial charge in [0.1, 0.15) is 0 Å². The molecule has 98 valence electrons. The summed E-state index contributed by atoms with van der Waals surface area (Å²) < 4.78 is 0. The van der Waals surface area contributed by atoms with Gasteiger partial charge >= 0.3 is 0 Å². The largest absolute Gasteiger partial charge is 0.399 e. The van der Waals surface area contributed by atoms with Crippen molar-refractivity contribution in [3.05, 3.63) is 65.2 Å². The molecule has 2 aromatic rings. The van der Waals surface area contributed by atoms with Gasteiger partial charge in [0.15, 0.2) is 0 Å². The van der Waals surface area contributed by atoms with E-state index in [2.05, 4.69) is 18.3 Å². The van der Waals surface area contributed by atoms with Gasteiger partial charge in [-0.25, -0.2) is 0 Å². The molecule has 3 nitrogen and oxygen atoms in total. The maximum absolute atomic E-state index is 12.0. The summed E-state index contributed by atoms with van der Waals surface area (Å²) in [4.78, 5) is 12.0. The minimum absolute atomic E-state index is 0.0779. The van der Waals surface area contributed by atoms with E-state index >= 15 is 0 Å². The molecule has 1 amide bonds. The van der Waals surface area contributed by atoms with Crippen LogP contribution in [-0.2, 0) is 13.0 Å². The fourth-order valence-electron chi connectivity index (χ4n) is 1.99. The quantitative estimate of drug-likeness (QED) is 0.824. The second-order valence-corrected chi connectivity index (χ2v) is 4.43. The molecular formula is C16H18N2O. The molecular weight excluding hydrogens is 236 g/mol. The third-order valence-electron chi connectivity index (χ3n) is 3.11. The Morgan fingerprint density at radius 3 is 2.32 bits per heavy atom. The summed E-state index contributed by atoms with van der Waals surface area (Å²) in [5.41, 5.74) is 9.31. The zero-order chi connectivity index (χ0) is 13.7. The Hall–Kier alpha value is -2.29. The Kier molecular flexibility index (Phi) is 4.18. The molecule has 3 N–H and O–H groups in total. The first kappa shape index (κ1) is 13.1. The van der Waals surface area contributed by atoms with Crippen molar-refractivity contribution in [2.24, 2.45) is 0 Å². The summed E-state index contributed by atoms with van der Waals surface area (Å²) in [5.74, 6) is -0.0779. The van der Waals surface area contributed by atoms with Crippen LogP contribution in [0.3, 0.4) is 0 Å². The van der Waals surface area contributed by atoms with Crippen molar-refractivity contribution in [1.29, 1.82) is 0 Å². The van der Waals surface area contributed by atoms with E-state index in [1.165, 1.54) is 5.56 Å². The number of rotatable bonds is 4. The van der Waals surface area contributed by atoms with Crippen LogP contribution >= 0.6 is 0 Å². The number of carbonyl (C=O) groups is 1. The highest BCUT2D eigenvalue weighted by Gasteiger charge is 2.06. The minimum Gasteiger partial charge on any atom is -0.399 e. The van der Waals surface area contributed by atoms with E-state index in [9.17, 15) is 4.79 Å². The zero-order valence-electron chi connectivity index (χ0n) is 11.0. The fraction of sp³-hybridized carbons (Fsp3) is 0.188. The van der Waals surface area contributed by atoms with Crippen LogP contribution in [0.15, 0.2) is 48.5 Å². The molecule has 0 aromatic heterocycles. The summed E-state index contributed by atoms with van der Waals surface area (Å²) in [7, 11) is 0. The van der Waals surface area contributed by atoms with Crippen LogP contribution in [-0.4, -0.2) is 5.91 Å².